The topological polar surface area (TPSA) is 96.7 Å². The molecule has 0 aliphatic carbocycles. The third-order valence-electron chi connectivity index (χ3n) is 6.45. The fourth-order valence-corrected chi connectivity index (χ4v) is 9.17. The third-order valence-corrected chi connectivity index (χ3v) is 10.6. The minimum absolute atomic E-state index is 0.103. The number of nitrogens with one attached hydrogen (secondary N) is 1. The van der Waals surface area contributed by atoms with Crippen molar-refractivity contribution in [1.82, 2.24) is 10.2 Å². The van der Waals surface area contributed by atoms with Crippen molar-refractivity contribution in [3.63, 3.8) is 0 Å². The Balaban J connectivity index is 1.85. The summed E-state index contributed by atoms with van der Waals surface area (Å²) < 4.78 is 57.6. The van der Waals surface area contributed by atoms with Gasteiger partial charge in [-0.25, -0.2) is 16.8 Å². The molecule has 2 aromatic rings. The summed E-state index contributed by atoms with van der Waals surface area (Å²) in [5, 5.41) is 2.25. The average molecular weight is 497 g/mol. The maximum absolute atomic E-state index is 13.5. The lowest BCUT2D eigenvalue weighted by molar-refractivity contribution is 0.185. The van der Waals surface area contributed by atoms with Crippen LogP contribution in [0.15, 0.2) is 52.0 Å². The van der Waals surface area contributed by atoms with Crippen molar-refractivity contribution in [2.24, 2.45) is 0 Å². The van der Waals surface area contributed by atoms with Crippen LogP contribution >= 0.6 is 0 Å². The van der Waals surface area contributed by atoms with Crippen LogP contribution in [0.2, 0.25) is 0 Å². The van der Waals surface area contributed by atoms with Crippen LogP contribution in [-0.4, -0.2) is 64.2 Å². The van der Waals surface area contributed by atoms with E-state index in [1.54, 1.807) is 18.4 Å². The fraction of sp³-hybridized carbons (Fsp3) is 0.583. The molecule has 0 spiro atoms. The summed E-state index contributed by atoms with van der Waals surface area (Å²) in [6, 6.07) is 9.72. The number of hydrogen-bond acceptors (Lipinski definition) is 7. The summed E-state index contributed by atoms with van der Waals surface area (Å²) >= 11 is 0. The zero-order valence-electron chi connectivity index (χ0n) is 20.1. The second kappa shape index (κ2) is 9.90. The molecule has 7 nitrogen and oxygen atoms in total. The van der Waals surface area contributed by atoms with Gasteiger partial charge in [0.15, 0.2) is 19.7 Å². The summed E-state index contributed by atoms with van der Waals surface area (Å²) in [7, 11) is -7.31. The second-order valence-electron chi connectivity index (χ2n) is 9.70. The Morgan fingerprint density at radius 1 is 1.09 bits per heavy atom. The molecule has 1 aromatic heterocycles. The van der Waals surface area contributed by atoms with Crippen LogP contribution in [0.25, 0.3) is 0 Å². The molecule has 0 saturated carbocycles. The van der Waals surface area contributed by atoms with E-state index in [4.69, 9.17) is 4.42 Å². The highest BCUT2D eigenvalue weighted by Gasteiger charge is 2.46. The Kier molecular flexibility index (Phi) is 7.78. The Morgan fingerprint density at radius 3 is 2.24 bits per heavy atom. The molecule has 1 aliphatic rings. The molecule has 1 unspecified atom stereocenters. The first-order valence-corrected chi connectivity index (χ1v) is 14.8. The van der Waals surface area contributed by atoms with E-state index in [9.17, 15) is 16.8 Å². The maximum atomic E-state index is 13.5. The molecule has 33 heavy (non-hydrogen) atoms. The average Bonchev–Trinajstić information content (AvgIpc) is 3.38. The number of nitrogens with zero attached hydrogens (tertiary/aromatic N) is 1. The number of sulfone groups is 2. The molecule has 2 heterocycles. The van der Waals surface area contributed by atoms with E-state index in [0.29, 0.717) is 6.54 Å². The van der Waals surface area contributed by atoms with Crippen molar-refractivity contribution in [1.29, 1.82) is 0 Å². The van der Waals surface area contributed by atoms with Crippen LogP contribution in [0.3, 0.4) is 0 Å². The smallest absolute Gasteiger partial charge is 0.183 e. The van der Waals surface area contributed by atoms with Crippen molar-refractivity contribution < 1.29 is 21.3 Å². The first-order valence-electron chi connectivity index (χ1n) is 11.4. The van der Waals surface area contributed by atoms with E-state index in [2.05, 4.69) is 31.0 Å². The van der Waals surface area contributed by atoms with Gasteiger partial charge in [0.25, 0.3) is 0 Å². The van der Waals surface area contributed by atoms with E-state index in [1.165, 1.54) is 0 Å². The van der Waals surface area contributed by atoms with Crippen molar-refractivity contribution >= 4 is 19.7 Å². The Hall–Kier alpha value is -1.68. The zero-order valence-corrected chi connectivity index (χ0v) is 21.7. The summed E-state index contributed by atoms with van der Waals surface area (Å²) in [5.41, 5.74) is 0.921. The molecule has 0 bridgehead atoms. The van der Waals surface area contributed by atoms with Gasteiger partial charge < -0.3 is 9.73 Å². The van der Waals surface area contributed by atoms with Crippen LogP contribution in [0.1, 0.15) is 52.0 Å². The lowest BCUT2D eigenvalue weighted by atomic mass is 9.87. The van der Waals surface area contributed by atoms with Gasteiger partial charge in [0.2, 0.25) is 0 Å². The summed E-state index contributed by atoms with van der Waals surface area (Å²) in [4.78, 5) is 2.36. The van der Waals surface area contributed by atoms with Gasteiger partial charge in [0, 0.05) is 12.6 Å². The van der Waals surface area contributed by atoms with E-state index >= 15 is 0 Å². The largest absolute Gasteiger partial charge is 0.468 e. The molecule has 9 heteroatoms. The summed E-state index contributed by atoms with van der Waals surface area (Å²) in [6.07, 6.45) is 1.61. The molecule has 184 valence electrons. The van der Waals surface area contributed by atoms with Crippen LogP contribution in [-0.2, 0) is 25.1 Å². The molecule has 1 aromatic carbocycles. The Bertz CT molecular complexity index is 1110. The second-order valence-corrected chi connectivity index (χ2v) is 14.0. The Morgan fingerprint density at radius 2 is 1.73 bits per heavy atom. The maximum Gasteiger partial charge on any atom is 0.183 e. The molecule has 0 radical (unpaired) electrons. The van der Waals surface area contributed by atoms with E-state index < -0.39 is 31.0 Å². The monoisotopic (exact) mass is 496 g/mol. The highest BCUT2D eigenvalue weighted by Crippen LogP contribution is 2.29. The first kappa shape index (κ1) is 25.9. The van der Waals surface area contributed by atoms with Gasteiger partial charge in [-0.3, -0.25) is 4.90 Å². The van der Waals surface area contributed by atoms with E-state index in [0.717, 1.165) is 24.4 Å². The van der Waals surface area contributed by atoms with Crippen LogP contribution in [0.5, 0.6) is 0 Å². The number of likely N-dealkylation sites (N-methyl/N-ethyl adjacent to an activating group) is 1. The minimum atomic E-state index is -3.83. The molecule has 3 rings (SSSR count). The Labute approximate surface area is 198 Å². The summed E-state index contributed by atoms with van der Waals surface area (Å²) in [6.45, 7) is 12.2. The summed E-state index contributed by atoms with van der Waals surface area (Å²) in [5.74, 6) is 0.203. The molecule has 3 atom stereocenters. The van der Waals surface area contributed by atoms with Crippen LogP contribution < -0.4 is 5.32 Å². The molecular formula is C24H36N2O5S2. The molecule has 1 fully saturated rings. The molecular weight excluding hydrogens is 460 g/mol. The van der Waals surface area contributed by atoms with Gasteiger partial charge in [0.05, 0.1) is 34.0 Å². The van der Waals surface area contributed by atoms with Crippen molar-refractivity contribution in [3.05, 3.63) is 54.0 Å². The highest BCUT2D eigenvalue weighted by molar-refractivity contribution is 7.96. The van der Waals surface area contributed by atoms with Gasteiger partial charge in [-0.1, -0.05) is 46.8 Å². The van der Waals surface area contributed by atoms with Gasteiger partial charge in [-0.2, -0.15) is 0 Å². The predicted molar refractivity (Wildman–Crippen MR) is 131 cm³/mol. The van der Waals surface area contributed by atoms with Crippen LogP contribution in [0, 0.1) is 0 Å². The molecule has 0 amide bonds. The van der Waals surface area contributed by atoms with Crippen molar-refractivity contribution in [3.8, 4) is 0 Å². The van der Waals surface area contributed by atoms with Crippen molar-refractivity contribution in [2.75, 3.05) is 31.1 Å². The predicted octanol–water partition coefficient (Wildman–Crippen LogP) is 3.19. The quantitative estimate of drug-likeness (QED) is 0.569. The zero-order chi connectivity index (χ0) is 24.4. The number of hydrogen-bond donors (Lipinski definition) is 1. The lowest BCUT2D eigenvalue weighted by Gasteiger charge is -2.30. The van der Waals surface area contributed by atoms with Crippen molar-refractivity contribution in [2.45, 2.75) is 62.3 Å². The fourth-order valence-electron chi connectivity index (χ4n) is 4.45. The van der Waals surface area contributed by atoms with E-state index in [1.807, 2.05) is 38.1 Å². The minimum Gasteiger partial charge on any atom is -0.468 e. The number of furan rings is 1. The third kappa shape index (κ3) is 5.88. The van der Waals surface area contributed by atoms with E-state index in [-0.39, 0.29) is 27.9 Å². The number of rotatable bonds is 9. The van der Waals surface area contributed by atoms with Crippen LogP contribution in [0.4, 0.5) is 0 Å². The van der Waals surface area contributed by atoms with Gasteiger partial charge in [-0.15, -0.1) is 0 Å². The van der Waals surface area contributed by atoms with Gasteiger partial charge >= 0.3 is 0 Å². The first-order chi connectivity index (χ1) is 15.4. The lowest BCUT2D eigenvalue weighted by Crippen LogP contribution is -2.47. The molecule has 1 N–H and O–H groups in total. The standard InChI is InChI=1S/C24H36N2O5S2/c1-6-26(7-2)21(22-9-8-14-31-22)15-25-20-16-32(27,28)17-23(20)33(29,30)19-12-10-18(11-13-19)24(3,4)5/h8-14,20-21,23,25H,6-7,15-17H2,1-5H3/t20-,21?,23-/m0/s1. The van der Waals surface area contributed by atoms with Gasteiger partial charge in [-0.05, 0) is 48.3 Å². The number of benzene rings is 1. The van der Waals surface area contributed by atoms with Gasteiger partial charge in [0.1, 0.15) is 5.76 Å². The highest BCUT2D eigenvalue weighted by atomic mass is 32.2. The molecule has 1 saturated heterocycles. The molecule has 1 aliphatic heterocycles. The normalized spacial score (nSPS) is 22.0. The SMILES string of the molecule is CCN(CC)C(CN[C@H]1CS(=O)(=O)C[C@@H]1S(=O)(=O)c1ccc(C(C)(C)C)cc1)c1ccco1.